The Balaban J connectivity index is 1.82. The van der Waals surface area contributed by atoms with Gasteiger partial charge in [-0.25, -0.2) is 0 Å². The fourth-order valence-corrected chi connectivity index (χ4v) is 3.26. The second-order valence-corrected chi connectivity index (χ2v) is 6.45. The lowest BCUT2D eigenvalue weighted by atomic mass is 10.1. The van der Waals surface area contributed by atoms with Crippen LogP contribution in [0.1, 0.15) is 12.5 Å². The highest BCUT2D eigenvalue weighted by molar-refractivity contribution is 6.32. The number of amides is 1. The van der Waals surface area contributed by atoms with Crippen molar-refractivity contribution in [2.75, 3.05) is 17.3 Å². The third-order valence-corrected chi connectivity index (χ3v) is 4.60. The fraction of sp³-hybridized carbons (Fsp3) is 0.200. The molecule has 1 aliphatic heterocycles. The zero-order valence-electron chi connectivity index (χ0n) is 14.5. The van der Waals surface area contributed by atoms with Crippen molar-refractivity contribution in [2.45, 2.75) is 19.4 Å². The number of para-hydroxylation sites is 1. The van der Waals surface area contributed by atoms with Crippen molar-refractivity contribution in [3.05, 3.63) is 64.8 Å². The molecule has 26 heavy (non-hydrogen) atoms. The summed E-state index contributed by atoms with van der Waals surface area (Å²) in [6.45, 7) is 2.06. The molecule has 0 bridgehead atoms. The van der Waals surface area contributed by atoms with Gasteiger partial charge in [-0.1, -0.05) is 29.8 Å². The van der Waals surface area contributed by atoms with E-state index in [9.17, 15) is 10.1 Å². The summed E-state index contributed by atoms with van der Waals surface area (Å²) in [6.07, 6.45) is 2.48. The van der Waals surface area contributed by atoms with Gasteiger partial charge in [-0.15, -0.1) is 0 Å². The molecule has 6 heteroatoms. The molecule has 3 rings (SSSR count). The first-order chi connectivity index (χ1) is 12.5. The third kappa shape index (κ3) is 3.51. The maximum atomic E-state index is 12.5. The van der Waals surface area contributed by atoms with E-state index in [1.54, 1.807) is 24.4 Å². The van der Waals surface area contributed by atoms with Crippen LogP contribution in [0.5, 0.6) is 5.75 Å². The molecule has 2 aromatic carbocycles. The fourth-order valence-electron chi connectivity index (χ4n) is 3.01. The maximum absolute atomic E-state index is 12.5. The molecule has 1 aliphatic rings. The molecule has 0 spiro atoms. The summed E-state index contributed by atoms with van der Waals surface area (Å²) in [5, 5.41) is 12.5. The lowest BCUT2D eigenvalue weighted by Crippen LogP contribution is -2.25. The first kappa shape index (κ1) is 17.8. The van der Waals surface area contributed by atoms with E-state index in [4.69, 9.17) is 16.3 Å². The van der Waals surface area contributed by atoms with E-state index in [1.807, 2.05) is 29.2 Å². The molecule has 1 atom stereocenters. The summed E-state index contributed by atoms with van der Waals surface area (Å²) in [7, 11) is 1.52. The maximum Gasteiger partial charge on any atom is 0.267 e. The number of carbonyl (C=O) groups is 1. The van der Waals surface area contributed by atoms with Crippen molar-refractivity contribution in [3.63, 3.8) is 0 Å². The molecule has 0 aliphatic carbocycles. The molecule has 2 aromatic rings. The van der Waals surface area contributed by atoms with Crippen LogP contribution < -0.4 is 15.0 Å². The number of anilines is 2. The van der Waals surface area contributed by atoms with Crippen LogP contribution in [0.2, 0.25) is 5.02 Å². The van der Waals surface area contributed by atoms with Crippen LogP contribution in [0.3, 0.4) is 0 Å². The van der Waals surface area contributed by atoms with Gasteiger partial charge in [0.05, 0.1) is 12.1 Å². The zero-order valence-corrected chi connectivity index (χ0v) is 15.2. The Morgan fingerprint density at radius 2 is 2.15 bits per heavy atom. The Kier molecular flexibility index (Phi) is 5.15. The molecule has 5 nitrogen and oxygen atoms in total. The highest BCUT2D eigenvalue weighted by Crippen LogP contribution is 2.32. The lowest BCUT2D eigenvalue weighted by molar-refractivity contribution is -0.112. The first-order valence-corrected chi connectivity index (χ1v) is 8.54. The topological polar surface area (TPSA) is 65.4 Å². The van der Waals surface area contributed by atoms with Crippen molar-refractivity contribution in [2.24, 2.45) is 0 Å². The zero-order chi connectivity index (χ0) is 18.7. The molecular formula is C20H18ClN3O2. The SMILES string of the molecule is COc1ccc(NC(=O)/C(C#N)=C\N2c3ccccc3CC2C)cc1Cl. The van der Waals surface area contributed by atoms with Crippen molar-refractivity contribution >= 4 is 28.9 Å². The van der Waals surface area contributed by atoms with Crippen molar-refractivity contribution in [1.82, 2.24) is 0 Å². The van der Waals surface area contributed by atoms with Gasteiger partial charge in [-0.3, -0.25) is 4.79 Å². The monoisotopic (exact) mass is 367 g/mol. The average Bonchev–Trinajstić information content (AvgIpc) is 2.94. The van der Waals surface area contributed by atoms with Gasteiger partial charge in [-0.05, 0) is 43.2 Å². The minimum atomic E-state index is -0.481. The van der Waals surface area contributed by atoms with Gasteiger partial charge in [0.2, 0.25) is 0 Å². The Morgan fingerprint density at radius 3 is 2.85 bits per heavy atom. The van der Waals surface area contributed by atoms with Gasteiger partial charge >= 0.3 is 0 Å². The normalized spacial score (nSPS) is 16.0. The van der Waals surface area contributed by atoms with E-state index in [0.717, 1.165) is 12.1 Å². The first-order valence-electron chi connectivity index (χ1n) is 8.16. The van der Waals surface area contributed by atoms with Gasteiger partial charge in [0.25, 0.3) is 5.91 Å². The minimum Gasteiger partial charge on any atom is -0.495 e. The second kappa shape index (κ2) is 7.51. The number of halogens is 1. The number of methoxy groups -OCH3 is 1. The number of hydrogen-bond acceptors (Lipinski definition) is 4. The Hall–Kier alpha value is -2.97. The standard InChI is InChI=1S/C20H18ClN3O2/c1-13-9-14-5-3-4-6-18(14)24(13)12-15(11-22)20(25)23-16-7-8-19(26-2)17(21)10-16/h3-8,10,12-13H,9H2,1-2H3,(H,23,25)/b15-12-. The molecule has 0 saturated carbocycles. The van der Waals surface area contributed by atoms with Gasteiger partial charge in [-0.2, -0.15) is 5.26 Å². The number of hydrogen-bond donors (Lipinski definition) is 1. The summed E-state index contributed by atoms with van der Waals surface area (Å²) in [6, 6.07) is 15.1. The number of fused-ring (bicyclic) bond motifs is 1. The number of carbonyl (C=O) groups excluding carboxylic acids is 1. The van der Waals surface area contributed by atoms with Crippen LogP contribution in [0.15, 0.2) is 54.2 Å². The molecule has 0 saturated heterocycles. The van der Waals surface area contributed by atoms with Crippen LogP contribution >= 0.6 is 11.6 Å². The predicted octanol–water partition coefficient (Wildman–Crippen LogP) is 4.15. The molecule has 1 amide bonds. The highest BCUT2D eigenvalue weighted by Gasteiger charge is 2.25. The van der Waals surface area contributed by atoms with Gasteiger partial charge in [0.1, 0.15) is 17.4 Å². The van der Waals surface area contributed by atoms with Crippen LogP contribution in [-0.4, -0.2) is 19.1 Å². The Labute approximate surface area is 157 Å². The number of benzene rings is 2. The second-order valence-electron chi connectivity index (χ2n) is 6.05. The Bertz CT molecular complexity index is 918. The van der Waals surface area contributed by atoms with Crippen molar-refractivity contribution < 1.29 is 9.53 Å². The van der Waals surface area contributed by atoms with E-state index in [-0.39, 0.29) is 11.6 Å². The number of rotatable bonds is 4. The van der Waals surface area contributed by atoms with Crippen LogP contribution in [0, 0.1) is 11.3 Å². The van der Waals surface area contributed by atoms with Crippen LogP contribution in [-0.2, 0) is 11.2 Å². The predicted molar refractivity (Wildman–Crippen MR) is 102 cm³/mol. The van der Waals surface area contributed by atoms with Gasteiger partial charge in [0, 0.05) is 23.6 Å². The summed E-state index contributed by atoms with van der Waals surface area (Å²) in [4.78, 5) is 14.5. The molecule has 0 aromatic heterocycles. The molecule has 1 N–H and O–H groups in total. The summed E-state index contributed by atoms with van der Waals surface area (Å²) in [5.74, 6) is 0.0357. The van der Waals surface area contributed by atoms with Gasteiger partial charge < -0.3 is 15.0 Å². The van der Waals surface area contributed by atoms with Crippen LogP contribution in [0.25, 0.3) is 0 Å². The summed E-state index contributed by atoms with van der Waals surface area (Å²) >= 11 is 6.08. The van der Waals surface area contributed by atoms with Crippen molar-refractivity contribution in [1.29, 1.82) is 5.26 Å². The highest BCUT2D eigenvalue weighted by atomic mass is 35.5. The summed E-state index contributed by atoms with van der Waals surface area (Å²) in [5.41, 5.74) is 2.75. The molecule has 0 fully saturated rings. The molecule has 1 heterocycles. The number of nitriles is 1. The number of nitrogens with one attached hydrogen (secondary N) is 1. The minimum absolute atomic E-state index is 0.0282. The van der Waals surface area contributed by atoms with Gasteiger partial charge in [0.15, 0.2) is 0 Å². The van der Waals surface area contributed by atoms with E-state index in [2.05, 4.69) is 18.3 Å². The van der Waals surface area contributed by atoms with E-state index in [1.165, 1.54) is 12.7 Å². The van der Waals surface area contributed by atoms with Crippen LogP contribution in [0.4, 0.5) is 11.4 Å². The quantitative estimate of drug-likeness (QED) is 0.651. The van der Waals surface area contributed by atoms with E-state index >= 15 is 0 Å². The largest absolute Gasteiger partial charge is 0.495 e. The lowest BCUT2D eigenvalue weighted by Gasteiger charge is -2.20. The molecule has 132 valence electrons. The smallest absolute Gasteiger partial charge is 0.267 e. The van der Waals surface area contributed by atoms with E-state index in [0.29, 0.717) is 16.5 Å². The molecular weight excluding hydrogens is 350 g/mol. The van der Waals surface area contributed by atoms with Crippen molar-refractivity contribution in [3.8, 4) is 11.8 Å². The number of nitrogens with zero attached hydrogens (tertiary/aromatic N) is 2. The molecule has 0 radical (unpaired) electrons. The van der Waals surface area contributed by atoms with E-state index < -0.39 is 5.91 Å². The third-order valence-electron chi connectivity index (χ3n) is 4.30. The Morgan fingerprint density at radius 1 is 1.38 bits per heavy atom. The number of ether oxygens (including phenoxy) is 1. The molecule has 1 unspecified atom stereocenters. The summed E-state index contributed by atoms with van der Waals surface area (Å²) < 4.78 is 5.09. The average molecular weight is 368 g/mol.